The van der Waals surface area contributed by atoms with Crippen molar-refractivity contribution in [2.75, 3.05) is 19.6 Å². The van der Waals surface area contributed by atoms with E-state index in [2.05, 4.69) is 17.1 Å². The second-order valence-corrected chi connectivity index (χ2v) is 7.60. The molecule has 0 aromatic rings. The third kappa shape index (κ3) is 2.01. The van der Waals surface area contributed by atoms with Crippen LogP contribution in [0.25, 0.3) is 0 Å². The van der Waals surface area contributed by atoms with E-state index >= 15 is 0 Å². The van der Waals surface area contributed by atoms with Crippen molar-refractivity contribution in [3.8, 4) is 0 Å². The van der Waals surface area contributed by atoms with Gasteiger partial charge in [0, 0.05) is 31.6 Å². The van der Waals surface area contributed by atoms with Gasteiger partial charge in [-0.15, -0.1) is 0 Å². The van der Waals surface area contributed by atoms with Gasteiger partial charge in [-0.1, -0.05) is 0 Å². The Hall–Kier alpha value is -0.570. The molecule has 0 spiro atoms. The van der Waals surface area contributed by atoms with Crippen molar-refractivity contribution in [2.45, 2.75) is 45.1 Å². The number of hydrogen-bond donors (Lipinski definition) is 1. The molecule has 1 unspecified atom stereocenters. The van der Waals surface area contributed by atoms with E-state index in [0.717, 1.165) is 43.3 Å². The highest BCUT2D eigenvalue weighted by Gasteiger charge is 2.51. The number of nitrogens with one attached hydrogen (secondary N) is 1. The van der Waals surface area contributed by atoms with Gasteiger partial charge in [-0.2, -0.15) is 0 Å². The Bertz CT molecular complexity index is 353. The van der Waals surface area contributed by atoms with E-state index in [9.17, 15) is 4.79 Å². The summed E-state index contributed by atoms with van der Waals surface area (Å²) in [6.07, 6.45) is 6.88. The minimum absolute atomic E-state index is 0.387. The quantitative estimate of drug-likeness (QED) is 0.782. The summed E-state index contributed by atoms with van der Waals surface area (Å²) in [7, 11) is 0. The summed E-state index contributed by atoms with van der Waals surface area (Å²) in [5, 5.41) is 3.44. The molecule has 106 valence electrons. The first-order chi connectivity index (χ1) is 9.20. The van der Waals surface area contributed by atoms with Gasteiger partial charge in [0.1, 0.15) is 0 Å². The van der Waals surface area contributed by atoms with Crippen molar-refractivity contribution in [1.29, 1.82) is 0 Å². The molecule has 4 saturated carbocycles. The second kappa shape index (κ2) is 4.47. The summed E-state index contributed by atoms with van der Waals surface area (Å²) in [5.41, 5.74) is 0. The van der Waals surface area contributed by atoms with Crippen LogP contribution in [0.1, 0.15) is 39.0 Å². The van der Waals surface area contributed by atoms with Gasteiger partial charge in [-0.05, 0) is 62.7 Å². The van der Waals surface area contributed by atoms with Gasteiger partial charge in [-0.25, -0.2) is 0 Å². The highest BCUT2D eigenvalue weighted by atomic mass is 16.2. The van der Waals surface area contributed by atoms with E-state index in [1.54, 1.807) is 0 Å². The zero-order valence-electron chi connectivity index (χ0n) is 12.0. The Morgan fingerprint density at radius 1 is 1.05 bits per heavy atom. The molecule has 1 heterocycles. The molecule has 3 nitrogen and oxygen atoms in total. The Kier molecular flexibility index (Phi) is 2.87. The predicted molar refractivity (Wildman–Crippen MR) is 74.6 cm³/mol. The molecule has 5 aliphatic rings. The standard InChI is InChI=1S/C16H26N2O/c1-10-9-18(3-2-17-10)16(19)15-13-5-11-4-12(7-13)8-14(15)6-11/h10-15,17H,2-9H2,1H3. The van der Waals surface area contributed by atoms with Crippen LogP contribution in [0, 0.1) is 29.6 Å². The van der Waals surface area contributed by atoms with E-state index in [4.69, 9.17) is 0 Å². The number of nitrogens with zero attached hydrogens (tertiary/aromatic N) is 1. The fourth-order valence-corrected chi connectivity index (χ4v) is 5.67. The summed E-state index contributed by atoms with van der Waals surface area (Å²) in [6, 6.07) is 0.467. The number of hydrogen-bond acceptors (Lipinski definition) is 2. The summed E-state index contributed by atoms with van der Waals surface area (Å²) in [6.45, 7) is 5.00. The van der Waals surface area contributed by atoms with Crippen LogP contribution in [-0.4, -0.2) is 36.5 Å². The number of piperazine rings is 1. The third-order valence-electron chi connectivity index (χ3n) is 6.19. The molecule has 4 aliphatic carbocycles. The number of amides is 1. The SMILES string of the molecule is CC1CN(C(=O)C2C3CC4CC(C3)CC2C4)CCN1. The monoisotopic (exact) mass is 262 g/mol. The van der Waals surface area contributed by atoms with Crippen molar-refractivity contribution in [1.82, 2.24) is 10.2 Å². The maximum absolute atomic E-state index is 12.9. The van der Waals surface area contributed by atoms with Gasteiger partial charge in [0.15, 0.2) is 0 Å². The van der Waals surface area contributed by atoms with Crippen LogP contribution in [0.4, 0.5) is 0 Å². The molecule has 4 bridgehead atoms. The highest BCUT2D eigenvalue weighted by Crippen LogP contribution is 2.56. The molecule has 5 rings (SSSR count). The normalized spacial score (nSPS) is 48.6. The molecule has 5 fully saturated rings. The average Bonchev–Trinajstić information content (AvgIpc) is 2.37. The van der Waals surface area contributed by atoms with Gasteiger partial charge in [0.2, 0.25) is 5.91 Å². The van der Waals surface area contributed by atoms with Crippen LogP contribution in [0.2, 0.25) is 0 Å². The topological polar surface area (TPSA) is 32.3 Å². The molecule has 1 aliphatic heterocycles. The van der Waals surface area contributed by atoms with Crippen LogP contribution in [0.5, 0.6) is 0 Å². The molecule has 0 aromatic carbocycles. The highest BCUT2D eigenvalue weighted by molar-refractivity contribution is 5.80. The van der Waals surface area contributed by atoms with Gasteiger partial charge in [0.05, 0.1) is 0 Å². The van der Waals surface area contributed by atoms with Gasteiger partial charge in [0.25, 0.3) is 0 Å². The van der Waals surface area contributed by atoms with E-state index in [1.165, 1.54) is 32.1 Å². The van der Waals surface area contributed by atoms with Crippen molar-refractivity contribution in [2.24, 2.45) is 29.6 Å². The van der Waals surface area contributed by atoms with Crippen LogP contribution in [-0.2, 0) is 4.79 Å². The molecule has 1 atom stereocenters. The van der Waals surface area contributed by atoms with E-state index < -0.39 is 0 Å². The van der Waals surface area contributed by atoms with Crippen molar-refractivity contribution >= 4 is 5.91 Å². The average molecular weight is 262 g/mol. The fourth-order valence-electron chi connectivity index (χ4n) is 5.67. The van der Waals surface area contributed by atoms with Gasteiger partial charge in [-0.3, -0.25) is 4.79 Å². The van der Waals surface area contributed by atoms with E-state index in [1.807, 2.05) is 0 Å². The molecular weight excluding hydrogens is 236 g/mol. The molecular formula is C16H26N2O. The van der Waals surface area contributed by atoms with Gasteiger partial charge < -0.3 is 10.2 Å². The van der Waals surface area contributed by atoms with Crippen LogP contribution < -0.4 is 5.32 Å². The molecule has 1 saturated heterocycles. The fraction of sp³-hybridized carbons (Fsp3) is 0.938. The van der Waals surface area contributed by atoms with Crippen molar-refractivity contribution in [3.05, 3.63) is 0 Å². The molecule has 19 heavy (non-hydrogen) atoms. The van der Waals surface area contributed by atoms with Gasteiger partial charge >= 0.3 is 0 Å². The summed E-state index contributed by atoms with van der Waals surface area (Å²) < 4.78 is 0. The number of rotatable bonds is 1. The minimum Gasteiger partial charge on any atom is -0.340 e. The summed E-state index contributed by atoms with van der Waals surface area (Å²) in [5.74, 6) is 4.28. The maximum atomic E-state index is 12.9. The zero-order valence-corrected chi connectivity index (χ0v) is 12.0. The van der Waals surface area contributed by atoms with Crippen molar-refractivity contribution in [3.63, 3.8) is 0 Å². The zero-order chi connectivity index (χ0) is 13.0. The largest absolute Gasteiger partial charge is 0.340 e. The summed E-state index contributed by atoms with van der Waals surface area (Å²) in [4.78, 5) is 15.1. The Morgan fingerprint density at radius 2 is 1.68 bits per heavy atom. The van der Waals surface area contributed by atoms with E-state index in [0.29, 0.717) is 17.9 Å². The molecule has 0 radical (unpaired) electrons. The van der Waals surface area contributed by atoms with E-state index in [-0.39, 0.29) is 0 Å². The number of carbonyl (C=O) groups excluding carboxylic acids is 1. The first kappa shape index (κ1) is 12.2. The van der Waals surface area contributed by atoms with Crippen molar-refractivity contribution < 1.29 is 4.79 Å². The Labute approximate surface area is 116 Å². The second-order valence-electron chi connectivity index (χ2n) is 7.60. The maximum Gasteiger partial charge on any atom is 0.226 e. The molecule has 0 aromatic heterocycles. The Morgan fingerprint density at radius 3 is 2.26 bits per heavy atom. The van der Waals surface area contributed by atoms with Crippen LogP contribution in [0.3, 0.4) is 0 Å². The summed E-state index contributed by atoms with van der Waals surface area (Å²) >= 11 is 0. The smallest absolute Gasteiger partial charge is 0.226 e. The van der Waals surface area contributed by atoms with Crippen LogP contribution >= 0.6 is 0 Å². The first-order valence-corrected chi connectivity index (χ1v) is 8.23. The first-order valence-electron chi connectivity index (χ1n) is 8.23. The minimum atomic E-state index is 0.387. The molecule has 1 N–H and O–H groups in total. The lowest BCUT2D eigenvalue weighted by Crippen LogP contribution is -2.57. The lowest BCUT2D eigenvalue weighted by Gasteiger charge is -2.54. The molecule has 1 amide bonds. The van der Waals surface area contributed by atoms with Crippen LogP contribution in [0.15, 0.2) is 0 Å². The lowest BCUT2D eigenvalue weighted by atomic mass is 9.51. The number of carbonyl (C=O) groups is 1. The predicted octanol–water partition coefficient (Wildman–Crippen LogP) is 1.88. The Balaban J connectivity index is 1.51. The molecule has 3 heteroatoms. The lowest BCUT2D eigenvalue weighted by molar-refractivity contribution is -0.150. The third-order valence-corrected chi connectivity index (χ3v) is 6.19.